The van der Waals surface area contributed by atoms with E-state index >= 15 is 0 Å². The molecule has 1 aliphatic carbocycles. The predicted octanol–water partition coefficient (Wildman–Crippen LogP) is 3.04. The van der Waals surface area contributed by atoms with E-state index in [0.29, 0.717) is 48.3 Å². The summed E-state index contributed by atoms with van der Waals surface area (Å²) in [6.07, 6.45) is 10.5. The van der Waals surface area contributed by atoms with Crippen molar-refractivity contribution in [3.8, 4) is 0 Å². The molecule has 0 radical (unpaired) electrons. The SMILES string of the molecule is C[N+]1(CC(=O)Nc2cnccn2)CCC(OC(=O)C(O)(c2ccccc2)C2CCCCC2)CC1. The van der Waals surface area contributed by atoms with Crippen LogP contribution < -0.4 is 5.32 Å². The molecular weight excluding hydrogens is 432 g/mol. The first kappa shape index (κ1) is 24.3. The maximum absolute atomic E-state index is 13.4. The summed E-state index contributed by atoms with van der Waals surface area (Å²) in [5.74, 6) is -0.349. The number of anilines is 1. The van der Waals surface area contributed by atoms with Crippen molar-refractivity contribution in [3.05, 3.63) is 54.5 Å². The smallest absolute Gasteiger partial charge is 0.343 e. The van der Waals surface area contributed by atoms with Crippen LogP contribution in [-0.4, -0.2) is 64.2 Å². The van der Waals surface area contributed by atoms with E-state index in [1.807, 2.05) is 37.4 Å². The molecule has 2 aromatic rings. The number of carbonyl (C=O) groups is 2. The Morgan fingerprint density at radius 3 is 2.44 bits per heavy atom. The molecule has 1 atom stereocenters. The van der Waals surface area contributed by atoms with E-state index < -0.39 is 11.6 Å². The Bertz CT molecular complexity index is 957. The van der Waals surface area contributed by atoms with Crippen LogP contribution in [0.25, 0.3) is 0 Å². The van der Waals surface area contributed by atoms with Crippen LogP contribution in [0.5, 0.6) is 0 Å². The van der Waals surface area contributed by atoms with Gasteiger partial charge >= 0.3 is 5.97 Å². The lowest BCUT2D eigenvalue weighted by Crippen LogP contribution is -2.55. The molecule has 1 saturated carbocycles. The molecule has 8 nitrogen and oxygen atoms in total. The Kier molecular flexibility index (Phi) is 7.58. The summed E-state index contributed by atoms with van der Waals surface area (Å²) < 4.78 is 6.50. The van der Waals surface area contributed by atoms with Gasteiger partial charge in [0.1, 0.15) is 6.10 Å². The van der Waals surface area contributed by atoms with Crippen LogP contribution in [0.2, 0.25) is 0 Å². The minimum absolute atomic E-state index is 0.116. The minimum atomic E-state index is -1.62. The number of hydrogen-bond donors (Lipinski definition) is 2. The third-order valence-electron chi connectivity index (χ3n) is 7.33. The number of esters is 1. The normalized spacial score (nSPS) is 25.2. The average molecular weight is 468 g/mol. The van der Waals surface area contributed by atoms with Crippen LogP contribution in [0.4, 0.5) is 5.82 Å². The molecule has 1 amide bonds. The van der Waals surface area contributed by atoms with Crippen molar-refractivity contribution >= 4 is 17.7 Å². The van der Waals surface area contributed by atoms with Crippen LogP contribution in [0.15, 0.2) is 48.9 Å². The summed E-state index contributed by atoms with van der Waals surface area (Å²) in [5, 5.41) is 14.5. The van der Waals surface area contributed by atoms with E-state index in [1.54, 1.807) is 6.20 Å². The second kappa shape index (κ2) is 10.6. The van der Waals surface area contributed by atoms with Gasteiger partial charge in [-0.3, -0.25) is 9.78 Å². The van der Waals surface area contributed by atoms with Gasteiger partial charge in [0, 0.05) is 31.2 Å². The van der Waals surface area contributed by atoms with E-state index in [9.17, 15) is 14.7 Å². The van der Waals surface area contributed by atoms with Crippen molar-refractivity contribution in [1.82, 2.24) is 9.97 Å². The van der Waals surface area contributed by atoms with Gasteiger partial charge in [-0.2, -0.15) is 0 Å². The Labute approximate surface area is 201 Å². The van der Waals surface area contributed by atoms with Gasteiger partial charge in [-0.15, -0.1) is 0 Å². The van der Waals surface area contributed by atoms with Crippen LogP contribution in [0, 0.1) is 5.92 Å². The van der Waals surface area contributed by atoms with Crippen molar-refractivity contribution in [3.63, 3.8) is 0 Å². The zero-order chi connectivity index (χ0) is 24.0. The van der Waals surface area contributed by atoms with Gasteiger partial charge in [-0.25, -0.2) is 9.78 Å². The molecule has 2 aliphatic rings. The molecule has 1 saturated heterocycles. The van der Waals surface area contributed by atoms with Gasteiger partial charge in [-0.05, 0) is 18.4 Å². The number of aliphatic hydroxyl groups is 1. The fourth-order valence-electron chi connectivity index (χ4n) is 5.31. The Morgan fingerprint density at radius 2 is 1.79 bits per heavy atom. The number of aromatic nitrogens is 2. The number of nitrogens with one attached hydrogen (secondary N) is 1. The lowest BCUT2D eigenvalue weighted by molar-refractivity contribution is -0.907. The number of amides is 1. The van der Waals surface area contributed by atoms with E-state index in [-0.39, 0.29) is 17.9 Å². The summed E-state index contributed by atoms with van der Waals surface area (Å²) in [4.78, 5) is 34.0. The zero-order valence-corrected chi connectivity index (χ0v) is 19.9. The predicted molar refractivity (Wildman–Crippen MR) is 127 cm³/mol. The highest BCUT2D eigenvalue weighted by Crippen LogP contribution is 2.41. The van der Waals surface area contributed by atoms with Crippen molar-refractivity contribution in [2.45, 2.75) is 56.7 Å². The Balaban J connectivity index is 1.36. The number of benzene rings is 1. The van der Waals surface area contributed by atoms with E-state index in [0.717, 1.165) is 32.1 Å². The first-order chi connectivity index (χ1) is 16.4. The van der Waals surface area contributed by atoms with E-state index in [2.05, 4.69) is 15.3 Å². The van der Waals surface area contributed by atoms with Gasteiger partial charge < -0.3 is 19.6 Å². The monoisotopic (exact) mass is 467 g/mol. The molecule has 4 rings (SSSR count). The molecule has 1 unspecified atom stereocenters. The second-order valence-corrected chi connectivity index (χ2v) is 9.94. The number of quaternary nitrogens is 1. The summed E-state index contributed by atoms with van der Waals surface area (Å²) in [6, 6.07) is 9.23. The van der Waals surface area contributed by atoms with Crippen LogP contribution in [0.3, 0.4) is 0 Å². The van der Waals surface area contributed by atoms with E-state index in [4.69, 9.17) is 4.74 Å². The quantitative estimate of drug-likeness (QED) is 0.479. The molecule has 0 spiro atoms. The molecule has 8 heteroatoms. The highest BCUT2D eigenvalue weighted by molar-refractivity contribution is 5.90. The number of piperidine rings is 1. The van der Waals surface area contributed by atoms with Gasteiger partial charge in [0.15, 0.2) is 18.0 Å². The van der Waals surface area contributed by atoms with Crippen LogP contribution in [-0.2, 0) is 19.9 Å². The molecule has 34 heavy (non-hydrogen) atoms. The number of hydrogen-bond acceptors (Lipinski definition) is 6. The third kappa shape index (κ3) is 5.62. The summed E-state index contributed by atoms with van der Waals surface area (Å²) in [5.41, 5.74) is -1.00. The van der Waals surface area contributed by atoms with Crippen molar-refractivity contribution in [2.75, 3.05) is 32.0 Å². The topological polar surface area (TPSA) is 101 Å². The fraction of sp³-hybridized carbons (Fsp3) is 0.538. The van der Waals surface area contributed by atoms with Gasteiger partial charge in [0.05, 0.1) is 26.3 Å². The molecule has 0 bridgehead atoms. The standard InChI is InChI=1S/C26H34N4O4/c1-30(19-24(31)29-23-18-27-14-15-28-23)16-12-22(13-17-30)34-25(32)26(33,20-8-4-2-5-9-20)21-10-6-3-7-11-21/h2,4-5,8-9,14-15,18,21-22,33H,3,6-7,10-13,16-17,19H2,1H3/p+1. The first-order valence-electron chi connectivity index (χ1n) is 12.3. The highest BCUT2D eigenvalue weighted by Gasteiger charge is 2.48. The average Bonchev–Trinajstić information content (AvgIpc) is 2.86. The van der Waals surface area contributed by atoms with E-state index in [1.165, 1.54) is 12.4 Å². The first-order valence-corrected chi connectivity index (χ1v) is 12.3. The lowest BCUT2D eigenvalue weighted by atomic mass is 9.73. The van der Waals surface area contributed by atoms with Crippen molar-refractivity contribution < 1.29 is 23.9 Å². The minimum Gasteiger partial charge on any atom is -0.460 e. The van der Waals surface area contributed by atoms with Gasteiger partial charge in [-0.1, -0.05) is 49.6 Å². The van der Waals surface area contributed by atoms with Crippen LogP contribution in [0.1, 0.15) is 50.5 Å². The molecule has 182 valence electrons. The van der Waals surface area contributed by atoms with Crippen molar-refractivity contribution in [2.24, 2.45) is 5.92 Å². The largest absolute Gasteiger partial charge is 0.460 e. The summed E-state index contributed by atoms with van der Waals surface area (Å²) >= 11 is 0. The maximum Gasteiger partial charge on any atom is 0.343 e. The van der Waals surface area contributed by atoms with Gasteiger partial charge in [0.25, 0.3) is 5.91 Å². The lowest BCUT2D eigenvalue weighted by Gasteiger charge is -2.41. The number of likely N-dealkylation sites (N-methyl/N-ethyl adjacent to an activating group) is 1. The molecule has 1 aliphatic heterocycles. The molecule has 2 heterocycles. The van der Waals surface area contributed by atoms with Gasteiger partial charge in [0.2, 0.25) is 0 Å². The number of nitrogens with zero attached hydrogens (tertiary/aromatic N) is 3. The van der Waals surface area contributed by atoms with Crippen LogP contribution >= 0.6 is 0 Å². The number of ether oxygens (including phenoxy) is 1. The summed E-state index contributed by atoms with van der Waals surface area (Å²) in [7, 11) is 2.04. The molecule has 2 N–H and O–H groups in total. The molecule has 1 aromatic heterocycles. The highest BCUT2D eigenvalue weighted by atomic mass is 16.6. The zero-order valence-electron chi connectivity index (χ0n) is 19.9. The number of rotatable bonds is 7. The molecular formula is C26H35N4O4+. The molecule has 1 aromatic carbocycles. The molecule has 2 fully saturated rings. The second-order valence-electron chi connectivity index (χ2n) is 9.94. The number of carbonyl (C=O) groups excluding carboxylic acids is 2. The third-order valence-corrected chi connectivity index (χ3v) is 7.33. The Hall–Kier alpha value is -2.84. The Morgan fingerprint density at radius 1 is 1.09 bits per heavy atom. The number of likely N-dealkylation sites (tertiary alicyclic amines) is 1. The fourth-order valence-corrected chi connectivity index (χ4v) is 5.31. The van der Waals surface area contributed by atoms with Crippen molar-refractivity contribution in [1.29, 1.82) is 0 Å². The summed E-state index contributed by atoms with van der Waals surface area (Å²) in [6.45, 7) is 1.73. The maximum atomic E-state index is 13.4.